The van der Waals surface area contributed by atoms with Crippen LogP contribution in [0.15, 0.2) is 4.47 Å². The van der Waals surface area contributed by atoms with Gasteiger partial charge in [0.1, 0.15) is 6.04 Å². The molecule has 6 heteroatoms. The van der Waals surface area contributed by atoms with Crippen LogP contribution in [0.2, 0.25) is 0 Å². The Morgan fingerprint density at radius 1 is 1.59 bits per heavy atom. The van der Waals surface area contributed by atoms with Crippen molar-refractivity contribution in [2.45, 2.75) is 26.8 Å². The SMILES string of the molecule is COCCNC(=O)C(C)n1nc(C)c(Br)c1C. The van der Waals surface area contributed by atoms with E-state index in [2.05, 4.69) is 26.3 Å². The summed E-state index contributed by atoms with van der Waals surface area (Å²) >= 11 is 3.45. The highest BCUT2D eigenvalue weighted by Crippen LogP contribution is 2.22. The Kier molecular flexibility index (Phi) is 5.14. The number of carbonyl (C=O) groups excluding carboxylic acids is 1. The summed E-state index contributed by atoms with van der Waals surface area (Å²) < 4.78 is 7.56. The number of carbonyl (C=O) groups is 1. The number of ether oxygens (including phenoxy) is 1. The van der Waals surface area contributed by atoms with Crippen molar-refractivity contribution < 1.29 is 9.53 Å². The zero-order valence-electron chi connectivity index (χ0n) is 10.6. The normalized spacial score (nSPS) is 12.5. The Balaban J connectivity index is 2.71. The summed E-state index contributed by atoms with van der Waals surface area (Å²) in [6.45, 7) is 6.69. The summed E-state index contributed by atoms with van der Waals surface area (Å²) in [6.07, 6.45) is 0. The maximum atomic E-state index is 11.8. The van der Waals surface area contributed by atoms with Gasteiger partial charge in [-0.2, -0.15) is 5.10 Å². The standard InChI is InChI=1S/C11H18BrN3O2/c1-7-10(12)8(2)15(14-7)9(3)11(16)13-5-6-17-4/h9H,5-6H2,1-4H3,(H,13,16). The topological polar surface area (TPSA) is 56.1 Å². The minimum absolute atomic E-state index is 0.0554. The van der Waals surface area contributed by atoms with E-state index in [9.17, 15) is 4.79 Å². The average molecular weight is 304 g/mol. The number of aromatic nitrogens is 2. The molecule has 1 heterocycles. The minimum Gasteiger partial charge on any atom is -0.383 e. The van der Waals surface area contributed by atoms with E-state index in [-0.39, 0.29) is 11.9 Å². The van der Waals surface area contributed by atoms with Crippen LogP contribution in [0, 0.1) is 13.8 Å². The molecule has 0 aromatic carbocycles. The van der Waals surface area contributed by atoms with Crippen LogP contribution < -0.4 is 5.32 Å². The first kappa shape index (κ1) is 14.2. The van der Waals surface area contributed by atoms with E-state index in [1.54, 1.807) is 11.8 Å². The third-order valence-electron chi connectivity index (χ3n) is 2.59. The van der Waals surface area contributed by atoms with Gasteiger partial charge in [-0.15, -0.1) is 0 Å². The highest BCUT2D eigenvalue weighted by molar-refractivity contribution is 9.10. The predicted molar refractivity (Wildman–Crippen MR) is 69.0 cm³/mol. The molecule has 96 valence electrons. The molecule has 17 heavy (non-hydrogen) atoms. The Morgan fingerprint density at radius 3 is 2.71 bits per heavy atom. The van der Waals surface area contributed by atoms with Gasteiger partial charge in [0.15, 0.2) is 0 Å². The maximum Gasteiger partial charge on any atom is 0.244 e. The average Bonchev–Trinajstić information content (AvgIpc) is 2.56. The maximum absolute atomic E-state index is 11.8. The van der Waals surface area contributed by atoms with E-state index in [0.29, 0.717) is 13.2 Å². The van der Waals surface area contributed by atoms with Crippen LogP contribution in [0.4, 0.5) is 0 Å². The van der Waals surface area contributed by atoms with Gasteiger partial charge in [0.05, 0.1) is 22.5 Å². The van der Waals surface area contributed by atoms with Gasteiger partial charge in [-0.25, -0.2) is 0 Å². The molecule has 0 aliphatic carbocycles. The lowest BCUT2D eigenvalue weighted by Crippen LogP contribution is -2.34. The van der Waals surface area contributed by atoms with Gasteiger partial charge in [0.2, 0.25) is 5.91 Å². The second-order valence-corrected chi connectivity index (χ2v) is 4.68. The zero-order chi connectivity index (χ0) is 13.0. The van der Waals surface area contributed by atoms with Gasteiger partial charge in [0, 0.05) is 13.7 Å². The number of methoxy groups -OCH3 is 1. The van der Waals surface area contributed by atoms with E-state index in [1.807, 2.05) is 20.8 Å². The van der Waals surface area contributed by atoms with Crippen LogP contribution in [-0.2, 0) is 9.53 Å². The molecule has 0 radical (unpaired) electrons. The molecule has 1 aromatic heterocycles. The summed E-state index contributed by atoms with van der Waals surface area (Å²) in [5.41, 5.74) is 1.84. The van der Waals surface area contributed by atoms with Crippen molar-refractivity contribution >= 4 is 21.8 Å². The molecule has 0 saturated heterocycles. The molecule has 0 aliphatic rings. The van der Waals surface area contributed by atoms with Crippen molar-refractivity contribution in [2.24, 2.45) is 0 Å². The smallest absolute Gasteiger partial charge is 0.244 e. The van der Waals surface area contributed by atoms with E-state index in [1.165, 1.54) is 0 Å². The van der Waals surface area contributed by atoms with E-state index >= 15 is 0 Å². The molecule has 1 rings (SSSR count). The lowest BCUT2D eigenvalue weighted by atomic mass is 10.3. The first-order chi connectivity index (χ1) is 7.99. The fourth-order valence-corrected chi connectivity index (χ4v) is 1.82. The van der Waals surface area contributed by atoms with Crippen LogP contribution in [0.1, 0.15) is 24.4 Å². The molecule has 0 aliphatic heterocycles. The third-order valence-corrected chi connectivity index (χ3v) is 3.74. The molecule has 0 saturated carbocycles. The molecule has 1 atom stereocenters. The quantitative estimate of drug-likeness (QED) is 0.840. The molecule has 0 fully saturated rings. The van der Waals surface area contributed by atoms with Crippen LogP contribution in [0.5, 0.6) is 0 Å². The van der Waals surface area contributed by atoms with E-state index < -0.39 is 0 Å². The van der Waals surface area contributed by atoms with Crippen molar-refractivity contribution in [1.82, 2.24) is 15.1 Å². The van der Waals surface area contributed by atoms with Gasteiger partial charge in [0.25, 0.3) is 0 Å². The fourth-order valence-electron chi connectivity index (χ4n) is 1.56. The number of hydrogen-bond donors (Lipinski definition) is 1. The molecule has 1 N–H and O–H groups in total. The second kappa shape index (κ2) is 6.16. The molecule has 1 unspecified atom stereocenters. The summed E-state index contributed by atoms with van der Waals surface area (Å²) in [5.74, 6) is -0.0554. The van der Waals surface area contributed by atoms with Gasteiger partial charge in [-0.3, -0.25) is 9.48 Å². The number of amides is 1. The highest BCUT2D eigenvalue weighted by Gasteiger charge is 2.19. The summed E-state index contributed by atoms with van der Waals surface area (Å²) in [7, 11) is 1.60. The molecule has 0 spiro atoms. The minimum atomic E-state index is -0.322. The molecule has 1 aromatic rings. The first-order valence-corrected chi connectivity index (χ1v) is 6.26. The van der Waals surface area contributed by atoms with Crippen molar-refractivity contribution in [2.75, 3.05) is 20.3 Å². The molecule has 5 nitrogen and oxygen atoms in total. The van der Waals surface area contributed by atoms with Crippen molar-refractivity contribution in [3.8, 4) is 0 Å². The van der Waals surface area contributed by atoms with Crippen molar-refractivity contribution in [3.63, 3.8) is 0 Å². The number of nitrogens with zero attached hydrogens (tertiary/aromatic N) is 2. The van der Waals surface area contributed by atoms with Gasteiger partial charge < -0.3 is 10.1 Å². The van der Waals surface area contributed by atoms with Crippen molar-refractivity contribution in [1.29, 1.82) is 0 Å². The highest BCUT2D eigenvalue weighted by atomic mass is 79.9. The van der Waals surface area contributed by atoms with Gasteiger partial charge in [-0.05, 0) is 36.7 Å². The molecule has 0 bridgehead atoms. The van der Waals surface area contributed by atoms with Crippen LogP contribution >= 0.6 is 15.9 Å². The zero-order valence-corrected chi connectivity index (χ0v) is 12.2. The number of halogens is 1. The van der Waals surface area contributed by atoms with E-state index in [0.717, 1.165) is 15.9 Å². The van der Waals surface area contributed by atoms with Crippen LogP contribution in [0.3, 0.4) is 0 Å². The number of rotatable bonds is 5. The number of hydrogen-bond acceptors (Lipinski definition) is 3. The summed E-state index contributed by atoms with van der Waals surface area (Å²) in [5, 5.41) is 7.13. The Hall–Kier alpha value is -0.880. The fraction of sp³-hybridized carbons (Fsp3) is 0.636. The first-order valence-electron chi connectivity index (χ1n) is 5.47. The third kappa shape index (κ3) is 3.29. The van der Waals surface area contributed by atoms with E-state index in [4.69, 9.17) is 4.74 Å². The Morgan fingerprint density at radius 2 is 2.24 bits per heavy atom. The second-order valence-electron chi connectivity index (χ2n) is 3.89. The molecule has 1 amide bonds. The van der Waals surface area contributed by atoms with Gasteiger partial charge in [-0.1, -0.05) is 0 Å². The largest absolute Gasteiger partial charge is 0.383 e. The summed E-state index contributed by atoms with van der Waals surface area (Å²) in [6, 6.07) is -0.322. The number of aryl methyl sites for hydroxylation is 1. The molecular formula is C11H18BrN3O2. The van der Waals surface area contributed by atoms with Gasteiger partial charge >= 0.3 is 0 Å². The lowest BCUT2D eigenvalue weighted by Gasteiger charge is -2.14. The monoisotopic (exact) mass is 303 g/mol. The summed E-state index contributed by atoms with van der Waals surface area (Å²) in [4.78, 5) is 11.8. The lowest BCUT2D eigenvalue weighted by molar-refractivity contribution is -0.124. The predicted octanol–water partition coefficient (Wildman–Crippen LogP) is 1.59. The van der Waals surface area contributed by atoms with Crippen LogP contribution in [0.25, 0.3) is 0 Å². The molecular weight excluding hydrogens is 286 g/mol. The number of nitrogens with one attached hydrogen (secondary N) is 1. The van der Waals surface area contributed by atoms with Crippen LogP contribution in [-0.4, -0.2) is 35.9 Å². The Labute approximate surface area is 110 Å². The van der Waals surface area contributed by atoms with Crippen molar-refractivity contribution in [3.05, 3.63) is 15.9 Å². The Bertz CT molecular complexity index is 404.